The van der Waals surface area contributed by atoms with Gasteiger partial charge in [-0.15, -0.1) is 0 Å². The number of hydrogen-bond donors (Lipinski definition) is 2. The Morgan fingerprint density at radius 1 is 1.21 bits per heavy atom. The summed E-state index contributed by atoms with van der Waals surface area (Å²) in [7, 11) is 0. The van der Waals surface area contributed by atoms with Crippen LogP contribution < -0.4 is 15.4 Å². The zero-order valence-electron chi connectivity index (χ0n) is 12.0. The number of rotatable bonds is 7. The van der Waals surface area contributed by atoms with Gasteiger partial charge >= 0.3 is 0 Å². The summed E-state index contributed by atoms with van der Waals surface area (Å²) in [6.07, 6.45) is 3.66. The van der Waals surface area contributed by atoms with E-state index in [-0.39, 0.29) is 0 Å². The lowest BCUT2D eigenvalue weighted by molar-refractivity contribution is 0.317. The summed E-state index contributed by atoms with van der Waals surface area (Å²) < 4.78 is 5.58. The monoisotopic (exact) mass is 262 g/mol. The van der Waals surface area contributed by atoms with E-state index >= 15 is 0 Å². The molecular formula is C16H26N2O. The second kappa shape index (κ2) is 8.18. The summed E-state index contributed by atoms with van der Waals surface area (Å²) in [6.45, 7) is 7.37. The number of benzene rings is 1. The van der Waals surface area contributed by atoms with Gasteiger partial charge in [0.15, 0.2) is 0 Å². The van der Waals surface area contributed by atoms with Gasteiger partial charge in [0.05, 0.1) is 6.61 Å². The summed E-state index contributed by atoms with van der Waals surface area (Å²) in [5, 5.41) is 6.97. The van der Waals surface area contributed by atoms with Crippen LogP contribution >= 0.6 is 0 Å². The molecule has 2 rings (SSSR count). The molecule has 0 aliphatic carbocycles. The van der Waals surface area contributed by atoms with E-state index in [4.69, 9.17) is 4.74 Å². The highest BCUT2D eigenvalue weighted by molar-refractivity contribution is 5.27. The summed E-state index contributed by atoms with van der Waals surface area (Å²) >= 11 is 0. The highest BCUT2D eigenvalue weighted by Gasteiger charge is 2.11. The van der Waals surface area contributed by atoms with Gasteiger partial charge in [0, 0.05) is 6.54 Å². The topological polar surface area (TPSA) is 33.3 Å². The minimum atomic E-state index is 0.799. The Hall–Kier alpha value is -1.06. The van der Waals surface area contributed by atoms with E-state index in [1.54, 1.807) is 0 Å². The van der Waals surface area contributed by atoms with Crippen molar-refractivity contribution in [1.82, 2.24) is 10.6 Å². The Morgan fingerprint density at radius 2 is 1.95 bits per heavy atom. The van der Waals surface area contributed by atoms with Crippen LogP contribution in [0.2, 0.25) is 0 Å². The summed E-state index contributed by atoms with van der Waals surface area (Å²) in [4.78, 5) is 0. The van der Waals surface area contributed by atoms with Crippen molar-refractivity contribution in [1.29, 1.82) is 0 Å². The fraction of sp³-hybridized carbons (Fsp3) is 0.625. The van der Waals surface area contributed by atoms with E-state index in [0.29, 0.717) is 0 Å². The molecule has 1 aromatic carbocycles. The third-order valence-corrected chi connectivity index (χ3v) is 3.62. The van der Waals surface area contributed by atoms with Gasteiger partial charge in [-0.3, -0.25) is 0 Å². The first kappa shape index (κ1) is 14.4. The number of hydrogen-bond acceptors (Lipinski definition) is 3. The van der Waals surface area contributed by atoms with Crippen LogP contribution in [0, 0.1) is 5.92 Å². The van der Waals surface area contributed by atoms with Crippen molar-refractivity contribution in [3.63, 3.8) is 0 Å². The molecule has 1 saturated heterocycles. The molecule has 1 fully saturated rings. The average molecular weight is 262 g/mol. The summed E-state index contributed by atoms with van der Waals surface area (Å²) in [5.41, 5.74) is 1.33. The Labute approximate surface area is 116 Å². The molecule has 19 heavy (non-hydrogen) atoms. The molecule has 1 aliphatic rings. The van der Waals surface area contributed by atoms with Gasteiger partial charge in [0.25, 0.3) is 0 Å². The van der Waals surface area contributed by atoms with Gasteiger partial charge in [-0.25, -0.2) is 0 Å². The first-order valence-corrected chi connectivity index (χ1v) is 7.51. The smallest absolute Gasteiger partial charge is 0.119 e. The Balaban J connectivity index is 1.67. The van der Waals surface area contributed by atoms with Crippen LogP contribution in [0.1, 0.15) is 31.7 Å². The maximum absolute atomic E-state index is 5.58. The van der Waals surface area contributed by atoms with Crippen molar-refractivity contribution in [3.05, 3.63) is 29.8 Å². The standard InChI is InChI=1S/C16H26N2O/c1-2-11-19-16-5-3-14(4-6-16)12-18-13-15-7-9-17-10-8-15/h3-6,15,17-18H,2,7-13H2,1H3. The molecule has 106 valence electrons. The quantitative estimate of drug-likeness (QED) is 0.792. The fourth-order valence-electron chi connectivity index (χ4n) is 2.43. The fourth-order valence-corrected chi connectivity index (χ4v) is 2.43. The molecule has 3 nitrogen and oxygen atoms in total. The Bertz CT molecular complexity index is 344. The van der Waals surface area contributed by atoms with E-state index < -0.39 is 0 Å². The maximum Gasteiger partial charge on any atom is 0.119 e. The second-order valence-electron chi connectivity index (χ2n) is 5.32. The van der Waals surface area contributed by atoms with E-state index in [2.05, 4.69) is 41.8 Å². The molecule has 0 bridgehead atoms. The van der Waals surface area contributed by atoms with Crippen molar-refractivity contribution in [2.75, 3.05) is 26.2 Å². The van der Waals surface area contributed by atoms with E-state index in [0.717, 1.165) is 37.8 Å². The van der Waals surface area contributed by atoms with Gasteiger partial charge in [0.1, 0.15) is 5.75 Å². The van der Waals surface area contributed by atoms with Gasteiger partial charge in [-0.2, -0.15) is 0 Å². The molecule has 0 saturated carbocycles. The Kier molecular flexibility index (Phi) is 6.18. The Morgan fingerprint density at radius 3 is 2.63 bits per heavy atom. The predicted molar refractivity (Wildman–Crippen MR) is 79.5 cm³/mol. The first-order chi connectivity index (χ1) is 9.38. The van der Waals surface area contributed by atoms with Crippen molar-refractivity contribution in [2.45, 2.75) is 32.7 Å². The molecule has 3 heteroatoms. The van der Waals surface area contributed by atoms with Gasteiger partial charge in [-0.1, -0.05) is 19.1 Å². The normalized spacial score (nSPS) is 16.5. The molecule has 0 aromatic heterocycles. The molecule has 0 amide bonds. The molecule has 0 atom stereocenters. The zero-order chi connectivity index (χ0) is 13.3. The van der Waals surface area contributed by atoms with E-state index in [1.807, 2.05) is 0 Å². The SMILES string of the molecule is CCCOc1ccc(CNCC2CCNCC2)cc1. The highest BCUT2D eigenvalue weighted by atomic mass is 16.5. The minimum Gasteiger partial charge on any atom is -0.494 e. The first-order valence-electron chi connectivity index (χ1n) is 7.51. The third-order valence-electron chi connectivity index (χ3n) is 3.62. The van der Waals surface area contributed by atoms with E-state index in [9.17, 15) is 0 Å². The van der Waals surface area contributed by atoms with Crippen molar-refractivity contribution in [2.24, 2.45) is 5.92 Å². The number of piperidine rings is 1. The number of nitrogens with one attached hydrogen (secondary N) is 2. The van der Waals surface area contributed by atoms with Crippen LogP contribution in [0.5, 0.6) is 5.75 Å². The largest absolute Gasteiger partial charge is 0.494 e. The van der Waals surface area contributed by atoms with Gasteiger partial charge in [0.2, 0.25) is 0 Å². The van der Waals surface area contributed by atoms with E-state index in [1.165, 1.54) is 31.5 Å². The van der Waals surface area contributed by atoms with Crippen LogP contribution in [-0.4, -0.2) is 26.2 Å². The average Bonchev–Trinajstić information content (AvgIpc) is 2.47. The molecule has 0 unspecified atom stereocenters. The van der Waals surface area contributed by atoms with Crippen LogP contribution in [0.15, 0.2) is 24.3 Å². The molecule has 1 aromatic rings. The van der Waals surface area contributed by atoms with Crippen LogP contribution in [0.25, 0.3) is 0 Å². The molecular weight excluding hydrogens is 236 g/mol. The van der Waals surface area contributed by atoms with Crippen molar-refractivity contribution in [3.8, 4) is 5.75 Å². The minimum absolute atomic E-state index is 0.799. The molecule has 1 heterocycles. The molecule has 2 N–H and O–H groups in total. The number of ether oxygens (including phenoxy) is 1. The predicted octanol–water partition coefficient (Wildman–Crippen LogP) is 2.56. The summed E-state index contributed by atoms with van der Waals surface area (Å²) in [6, 6.07) is 8.44. The lowest BCUT2D eigenvalue weighted by Crippen LogP contribution is -2.33. The lowest BCUT2D eigenvalue weighted by atomic mass is 9.98. The molecule has 1 aliphatic heterocycles. The second-order valence-corrected chi connectivity index (χ2v) is 5.32. The molecule has 0 radical (unpaired) electrons. The van der Waals surface area contributed by atoms with Gasteiger partial charge in [-0.05, 0) is 62.5 Å². The zero-order valence-corrected chi connectivity index (χ0v) is 12.0. The highest BCUT2D eigenvalue weighted by Crippen LogP contribution is 2.13. The lowest BCUT2D eigenvalue weighted by Gasteiger charge is -2.22. The molecule has 0 spiro atoms. The summed E-state index contributed by atoms with van der Waals surface area (Å²) in [5.74, 6) is 1.82. The van der Waals surface area contributed by atoms with Crippen molar-refractivity contribution < 1.29 is 4.74 Å². The van der Waals surface area contributed by atoms with Crippen LogP contribution in [-0.2, 0) is 6.54 Å². The van der Waals surface area contributed by atoms with Gasteiger partial charge < -0.3 is 15.4 Å². The van der Waals surface area contributed by atoms with Crippen LogP contribution in [0.4, 0.5) is 0 Å². The van der Waals surface area contributed by atoms with Crippen LogP contribution in [0.3, 0.4) is 0 Å². The van der Waals surface area contributed by atoms with Crippen molar-refractivity contribution >= 4 is 0 Å². The third kappa shape index (κ3) is 5.21. The maximum atomic E-state index is 5.58.